The Kier molecular flexibility index (Phi) is 7.27. The van der Waals surface area contributed by atoms with Gasteiger partial charge in [0.2, 0.25) is 5.91 Å². The number of hydrogen-bond acceptors (Lipinski definition) is 5. The molecule has 166 valence electrons. The van der Waals surface area contributed by atoms with Crippen molar-refractivity contribution in [1.29, 1.82) is 0 Å². The summed E-state index contributed by atoms with van der Waals surface area (Å²) >= 11 is 0. The first-order chi connectivity index (χ1) is 15.3. The van der Waals surface area contributed by atoms with E-state index in [1.807, 2.05) is 0 Å². The van der Waals surface area contributed by atoms with Crippen molar-refractivity contribution in [2.24, 2.45) is 0 Å². The van der Waals surface area contributed by atoms with Crippen LogP contribution in [0.5, 0.6) is 0 Å². The number of carbonyl (C=O) groups excluding carboxylic acids is 2. The summed E-state index contributed by atoms with van der Waals surface area (Å²) in [5.74, 6) is -1.03. The van der Waals surface area contributed by atoms with E-state index in [2.05, 4.69) is 5.32 Å². The third-order valence-corrected chi connectivity index (χ3v) is 6.55. The van der Waals surface area contributed by atoms with Gasteiger partial charge in [0.25, 0.3) is 10.0 Å². The molecule has 0 saturated carbocycles. The van der Waals surface area contributed by atoms with Crippen LogP contribution in [-0.4, -0.2) is 33.4 Å². The highest BCUT2D eigenvalue weighted by atomic mass is 32.2. The van der Waals surface area contributed by atoms with Gasteiger partial charge in [-0.15, -0.1) is 0 Å². The van der Waals surface area contributed by atoms with Crippen molar-refractivity contribution in [3.8, 4) is 0 Å². The fourth-order valence-corrected chi connectivity index (χ4v) is 4.59. The molecule has 0 aliphatic heterocycles. The Hall–Kier alpha value is -3.65. The summed E-state index contributed by atoms with van der Waals surface area (Å²) in [4.78, 5) is 25.1. The Morgan fingerprint density at radius 2 is 1.53 bits per heavy atom. The molecule has 3 rings (SSSR count). The van der Waals surface area contributed by atoms with Gasteiger partial charge in [-0.2, -0.15) is 0 Å². The van der Waals surface area contributed by atoms with Crippen LogP contribution in [0.1, 0.15) is 22.8 Å². The number of nitrogens with zero attached hydrogens (tertiary/aromatic N) is 1. The second-order valence-electron chi connectivity index (χ2n) is 6.91. The van der Waals surface area contributed by atoms with E-state index in [9.17, 15) is 18.0 Å². The van der Waals surface area contributed by atoms with Gasteiger partial charge < -0.3 is 10.1 Å². The molecular weight excluding hydrogens is 428 g/mol. The topological polar surface area (TPSA) is 92.8 Å². The SMILES string of the molecule is CCOC(=O)c1cccc(NC(=O)CN(c2ccccc2)S(=O)(=O)c2ccccc2)c1C. The third-order valence-electron chi connectivity index (χ3n) is 4.77. The van der Waals surface area contributed by atoms with Gasteiger partial charge in [-0.1, -0.05) is 42.5 Å². The molecule has 0 heterocycles. The Balaban J connectivity index is 1.89. The van der Waals surface area contributed by atoms with E-state index in [-0.39, 0.29) is 11.5 Å². The fraction of sp³-hybridized carbons (Fsp3) is 0.167. The molecule has 0 unspecified atom stereocenters. The number of rotatable bonds is 8. The maximum atomic E-state index is 13.3. The highest BCUT2D eigenvalue weighted by Crippen LogP contribution is 2.24. The minimum absolute atomic E-state index is 0.0807. The molecule has 1 N–H and O–H groups in total. The van der Waals surface area contributed by atoms with Crippen LogP contribution in [0.3, 0.4) is 0 Å². The summed E-state index contributed by atoms with van der Waals surface area (Å²) in [6.07, 6.45) is 0. The van der Waals surface area contributed by atoms with Crippen LogP contribution >= 0.6 is 0 Å². The number of benzene rings is 3. The summed E-state index contributed by atoms with van der Waals surface area (Å²) in [5, 5.41) is 2.72. The Bertz CT molecular complexity index is 1200. The molecule has 0 saturated heterocycles. The van der Waals surface area contributed by atoms with Crippen molar-refractivity contribution in [2.75, 3.05) is 22.8 Å². The lowest BCUT2D eigenvalue weighted by Gasteiger charge is -2.24. The van der Waals surface area contributed by atoms with Crippen molar-refractivity contribution >= 4 is 33.3 Å². The van der Waals surface area contributed by atoms with Crippen molar-refractivity contribution in [3.63, 3.8) is 0 Å². The Morgan fingerprint density at radius 3 is 2.16 bits per heavy atom. The monoisotopic (exact) mass is 452 g/mol. The largest absolute Gasteiger partial charge is 0.462 e. The highest BCUT2D eigenvalue weighted by Gasteiger charge is 2.27. The zero-order valence-corrected chi connectivity index (χ0v) is 18.6. The second-order valence-corrected chi connectivity index (χ2v) is 8.77. The predicted molar refractivity (Wildman–Crippen MR) is 123 cm³/mol. The lowest BCUT2D eigenvalue weighted by Crippen LogP contribution is -2.38. The predicted octanol–water partition coefficient (Wildman–Crippen LogP) is 4.01. The van der Waals surface area contributed by atoms with Gasteiger partial charge in [-0.05, 0) is 55.8 Å². The molecule has 3 aromatic rings. The van der Waals surface area contributed by atoms with E-state index in [0.717, 1.165) is 4.31 Å². The van der Waals surface area contributed by atoms with Gasteiger partial charge in [0, 0.05) is 5.69 Å². The van der Waals surface area contributed by atoms with Crippen LogP contribution in [0.25, 0.3) is 0 Å². The maximum Gasteiger partial charge on any atom is 0.338 e. The average Bonchev–Trinajstić information content (AvgIpc) is 2.80. The molecule has 0 aliphatic carbocycles. The van der Waals surface area contributed by atoms with Crippen molar-refractivity contribution in [3.05, 3.63) is 90.0 Å². The van der Waals surface area contributed by atoms with Crippen LogP contribution < -0.4 is 9.62 Å². The van der Waals surface area contributed by atoms with Gasteiger partial charge >= 0.3 is 5.97 Å². The molecule has 0 aliphatic rings. The normalized spacial score (nSPS) is 10.9. The number of hydrogen-bond donors (Lipinski definition) is 1. The molecule has 8 heteroatoms. The quantitative estimate of drug-likeness (QED) is 0.522. The van der Waals surface area contributed by atoms with E-state index in [1.54, 1.807) is 80.6 Å². The van der Waals surface area contributed by atoms with Crippen LogP contribution in [0, 0.1) is 6.92 Å². The molecule has 1 amide bonds. The van der Waals surface area contributed by atoms with E-state index >= 15 is 0 Å². The maximum absolute atomic E-state index is 13.3. The smallest absolute Gasteiger partial charge is 0.338 e. The zero-order chi connectivity index (χ0) is 23.1. The van der Waals surface area contributed by atoms with Crippen molar-refractivity contribution in [2.45, 2.75) is 18.7 Å². The highest BCUT2D eigenvalue weighted by molar-refractivity contribution is 7.92. The van der Waals surface area contributed by atoms with Gasteiger partial charge in [-0.3, -0.25) is 9.10 Å². The summed E-state index contributed by atoms with van der Waals surface area (Å²) in [6, 6.07) is 21.2. The first-order valence-electron chi connectivity index (χ1n) is 10.0. The summed E-state index contributed by atoms with van der Waals surface area (Å²) in [6.45, 7) is 3.20. The number of sulfonamides is 1. The third kappa shape index (κ3) is 5.15. The lowest BCUT2D eigenvalue weighted by molar-refractivity contribution is -0.114. The van der Waals surface area contributed by atoms with E-state index in [4.69, 9.17) is 4.74 Å². The number of ether oxygens (including phenoxy) is 1. The molecule has 0 aromatic heterocycles. The average molecular weight is 453 g/mol. The molecule has 32 heavy (non-hydrogen) atoms. The number of anilines is 2. The minimum Gasteiger partial charge on any atom is -0.462 e. The van der Waals surface area contributed by atoms with Crippen LogP contribution in [-0.2, 0) is 19.6 Å². The van der Waals surface area contributed by atoms with Gasteiger partial charge in [0.1, 0.15) is 6.54 Å². The van der Waals surface area contributed by atoms with Gasteiger partial charge in [0.05, 0.1) is 22.8 Å². The van der Waals surface area contributed by atoms with Gasteiger partial charge in [-0.25, -0.2) is 13.2 Å². The standard InChI is InChI=1S/C24H24N2O5S/c1-3-31-24(28)21-15-10-16-22(18(21)2)25-23(27)17-26(19-11-6-4-7-12-19)32(29,30)20-13-8-5-9-14-20/h4-16H,3,17H2,1-2H3,(H,25,27). The van der Waals surface area contributed by atoms with Crippen LogP contribution in [0.4, 0.5) is 11.4 Å². The number of carbonyl (C=O) groups is 2. The first-order valence-corrected chi connectivity index (χ1v) is 11.5. The molecule has 0 fully saturated rings. The van der Waals surface area contributed by atoms with Crippen LogP contribution in [0.15, 0.2) is 83.8 Å². The number of nitrogens with one attached hydrogen (secondary N) is 1. The number of amides is 1. The first kappa shape index (κ1) is 23.0. The summed E-state index contributed by atoms with van der Waals surface area (Å²) in [5.41, 5.74) is 1.65. The van der Waals surface area contributed by atoms with Crippen molar-refractivity contribution < 1.29 is 22.7 Å². The fourth-order valence-electron chi connectivity index (χ4n) is 3.15. The number of para-hydroxylation sites is 1. The summed E-state index contributed by atoms with van der Waals surface area (Å²) in [7, 11) is -3.98. The van der Waals surface area contributed by atoms with Crippen LogP contribution in [0.2, 0.25) is 0 Å². The zero-order valence-electron chi connectivity index (χ0n) is 17.8. The summed E-state index contributed by atoms with van der Waals surface area (Å²) < 4.78 is 32.7. The lowest BCUT2D eigenvalue weighted by atomic mass is 10.1. The Labute approximate surface area is 187 Å². The molecule has 0 spiro atoms. The number of esters is 1. The van der Waals surface area contributed by atoms with E-state index in [0.29, 0.717) is 22.5 Å². The van der Waals surface area contributed by atoms with Crippen molar-refractivity contribution in [1.82, 2.24) is 0 Å². The minimum atomic E-state index is -3.98. The van der Waals surface area contributed by atoms with E-state index in [1.165, 1.54) is 12.1 Å². The molecule has 0 radical (unpaired) electrons. The molecular formula is C24H24N2O5S. The Morgan fingerprint density at radius 1 is 0.906 bits per heavy atom. The molecule has 3 aromatic carbocycles. The van der Waals surface area contributed by atoms with Gasteiger partial charge in [0.15, 0.2) is 0 Å². The second kappa shape index (κ2) is 10.1. The molecule has 0 bridgehead atoms. The molecule has 7 nitrogen and oxygen atoms in total. The van der Waals surface area contributed by atoms with E-state index < -0.39 is 28.4 Å². The molecule has 0 atom stereocenters.